The highest BCUT2D eigenvalue weighted by molar-refractivity contribution is 7.84. The van der Waals surface area contributed by atoms with E-state index in [1.165, 1.54) is 0 Å². The largest absolute Gasteiger partial charge is 0.325 e. The lowest BCUT2D eigenvalue weighted by atomic mass is 10.0. The molecule has 0 fully saturated rings. The van der Waals surface area contributed by atoms with Gasteiger partial charge in [0.1, 0.15) is 17.3 Å². The minimum atomic E-state index is -0.775. The maximum atomic E-state index is 12.2. The first-order chi connectivity index (χ1) is 10.3. The van der Waals surface area contributed by atoms with Crippen LogP contribution >= 0.6 is 12.6 Å². The summed E-state index contributed by atoms with van der Waals surface area (Å²) in [6.07, 6.45) is 1.95. The third-order valence-electron chi connectivity index (χ3n) is 3.47. The van der Waals surface area contributed by atoms with Gasteiger partial charge in [-0.25, -0.2) is 0 Å². The van der Waals surface area contributed by atoms with Crippen LogP contribution in [-0.2, 0) is 4.79 Å². The van der Waals surface area contributed by atoms with E-state index in [9.17, 15) is 10.1 Å². The maximum Gasteiger partial charge on any atom is 0.266 e. The number of hydrogen-bond donors (Lipinski definition) is 2. The number of anilines is 1. The first-order valence-corrected chi connectivity index (χ1v) is 7.42. The highest BCUT2D eigenvalue weighted by atomic mass is 32.1. The van der Waals surface area contributed by atoms with Gasteiger partial charge in [0.25, 0.3) is 5.91 Å². The number of aryl methyl sites for hydroxylation is 1. The second-order valence-corrected chi connectivity index (χ2v) is 6.23. The number of carbonyl (C=O) groups excluding carboxylic acids is 1. The van der Waals surface area contributed by atoms with Crippen LogP contribution in [-0.4, -0.2) is 11.6 Å². The van der Waals surface area contributed by atoms with Crippen LogP contribution in [0.1, 0.15) is 26.3 Å². The number of nitrogens with one attached hydrogen (secondary N) is 1. The Hall–Kier alpha value is -2.19. The van der Waals surface area contributed by atoms with Gasteiger partial charge in [-0.2, -0.15) is 5.26 Å². The molecule has 1 heterocycles. The van der Waals surface area contributed by atoms with Gasteiger partial charge in [0.2, 0.25) is 0 Å². The second kappa shape index (κ2) is 5.90. The third kappa shape index (κ3) is 2.88. The predicted molar refractivity (Wildman–Crippen MR) is 91.3 cm³/mol. The molecule has 1 aromatic carbocycles. The first-order valence-electron chi connectivity index (χ1n) is 6.97. The quantitative estimate of drug-likeness (QED) is 0.651. The topological polar surface area (TPSA) is 56.1 Å². The Kier molecular flexibility index (Phi) is 4.34. The van der Waals surface area contributed by atoms with E-state index < -0.39 is 11.6 Å². The van der Waals surface area contributed by atoms with Gasteiger partial charge >= 0.3 is 0 Å². The van der Waals surface area contributed by atoms with Crippen molar-refractivity contribution >= 4 is 24.2 Å². The van der Waals surface area contributed by atoms with Crippen LogP contribution in [0.5, 0.6) is 0 Å². The Balaban J connectivity index is 2.68. The molecule has 114 valence electrons. The lowest BCUT2D eigenvalue weighted by molar-refractivity contribution is -0.118. The average Bonchev–Trinajstić information content (AvgIpc) is 2.39. The van der Waals surface area contributed by atoms with Crippen LogP contribution in [0.3, 0.4) is 0 Å². The highest BCUT2D eigenvalue weighted by Gasteiger charge is 2.40. The number of benzene rings is 1. The maximum absolute atomic E-state index is 12.2. The Morgan fingerprint density at radius 1 is 1.36 bits per heavy atom. The molecule has 1 atom stereocenters. The molecular weight excluding hydrogens is 294 g/mol. The van der Waals surface area contributed by atoms with E-state index in [1.807, 2.05) is 69.0 Å². The van der Waals surface area contributed by atoms with E-state index in [0.29, 0.717) is 5.03 Å². The van der Waals surface area contributed by atoms with Crippen LogP contribution in [0.4, 0.5) is 5.69 Å². The summed E-state index contributed by atoms with van der Waals surface area (Å²) in [6, 6.07) is 9.82. The molecule has 0 spiro atoms. The summed E-state index contributed by atoms with van der Waals surface area (Å²) in [7, 11) is 0. The number of nitrogens with zero attached hydrogens (tertiary/aromatic N) is 2. The second-order valence-electron chi connectivity index (χ2n) is 5.80. The molecule has 0 aromatic heterocycles. The fourth-order valence-electron chi connectivity index (χ4n) is 2.63. The van der Waals surface area contributed by atoms with E-state index >= 15 is 0 Å². The molecule has 0 saturated heterocycles. The standard InChI is InChI=1S/C17H19N3OS/c1-11(2)9-17(4)19-15(21)14(10-18)16(22)20(17)13-7-5-12(3)6-8-13/h5-9,22H,1-4H3,(H,19,21)/t17-/m0/s1. The van der Waals surface area contributed by atoms with Gasteiger partial charge in [0, 0.05) is 5.69 Å². The SMILES string of the molecule is CC(C)=C[C@@]1(C)NC(=O)C(C#N)=C(S)N1c1ccc(C)cc1. The molecular formula is C17H19N3OS. The van der Waals surface area contributed by atoms with Crippen molar-refractivity contribution in [2.75, 3.05) is 4.90 Å². The molecule has 0 bridgehead atoms. The van der Waals surface area contributed by atoms with E-state index in [-0.39, 0.29) is 5.57 Å². The summed E-state index contributed by atoms with van der Waals surface area (Å²) >= 11 is 4.46. The molecule has 1 N–H and O–H groups in total. The summed E-state index contributed by atoms with van der Waals surface area (Å²) in [4.78, 5) is 14.0. The number of thiol groups is 1. The molecule has 1 aliphatic rings. The number of amides is 1. The molecule has 0 radical (unpaired) electrons. The summed E-state index contributed by atoms with van der Waals surface area (Å²) in [6.45, 7) is 7.83. The van der Waals surface area contributed by atoms with Gasteiger partial charge in [0.05, 0.1) is 5.03 Å². The third-order valence-corrected chi connectivity index (χ3v) is 3.89. The average molecular weight is 313 g/mol. The van der Waals surface area contributed by atoms with Gasteiger partial charge in [-0.05, 0) is 45.9 Å². The number of allylic oxidation sites excluding steroid dienone is 1. The van der Waals surface area contributed by atoms with Crippen molar-refractivity contribution in [1.29, 1.82) is 5.26 Å². The normalized spacial score (nSPS) is 21.3. The van der Waals surface area contributed by atoms with E-state index in [1.54, 1.807) is 0 Å². The number of nitriles is 1. The van der Waals surface area contributed by atoms with E-state index in [4.69, 9.17) is 0 Å². The fraction of sp³-hybridized carbons (Fsp3) is 0.294. The Morgan fingerprint density at radius 3 is 2.45 bits per heavy atom. The zero-order valence-electron chi connectivity index (χ0n) is 13.1. The molecule has 5 heteroatoms. The monoisotopic (exact) mass is 313 g/mol. The Bertz CT molecular complexity index is 708. The van der Waals surface area contributed by atoms with Gasteiger partial charge in [-0.15, -0.1) is 12.6 Å². The van der Waals surface area contributed by atoms with Crippen molar-refractivity contribution in [2.24, 2.45) is 0 Å². The number of rotatable bonds is 2. The van der Waals surface area contributed by atoms with Crippen molar-refractivity contribution in [3.8, 4) is 6.07 Å². The zero-order valence-corrected chi connectivity index (χ0v) is 14.0. The lowest BCUT2D eigenvalue weighted by Gasteiger charge is -2.44. The summed E-state index contributed by atoms with van der Waals surface area (Å²) in [5.41, 5.74) is 2.30. The van der Waals surface area contributed by atoms with Crippen LogP contribution in [0.25, 0.3) is 0 Å². The van der Waals surface area contributed by atoms with Crippen molar-refractivity contribution in [3.63, 3.8) is 0 Å². The number of carbonyl (C=O) groups is 1. The molecule has 4 nitrogen and oxygen atoms in total. The molecule has 22 heavy (non-hydrogen) atoms. The van der Waals surface area contributed by atoms with Crippen molar-refractivity contribution in [1.82, 2.24) is 5.32 Å². The fourth-order valence-corrected chi connectivity index (χ4v) is 3.10. The van der Waals surface area contributed by atoms with Gasteiger partial charge in [0.15, 0.2) is 0 Å². The van der Waals surface area contributed by atoms with Crippen LogP contribution in [0.2, 0.25) is 0 Å². The van der Waals surface area contributed by atoms with Crippen molar-refractivity contribution in [2.45, 2.75) is 33.4 Å². The van der Waals surface area contributed by atoms with Gasteiger partial charge in [-0.1, -0.05) is 23.3 Å². The molecule has 1 aliphatic heterocycles. The van der Waals surface area contributed by atoms with E-state index in [2.05, 4.69) is 17.9 Å². The minimum Gasteiger partial charge on any atom is -0.325 e. The summed E-state index contributed by atoms with van der Waals surface area (Å²) < 4.78 is 0. The Morgan fingerprint density at radius 2 is 1.95 bits per heavy atom. The summed E-state index contributed by atoms with van der Waals surface area (Å²) in [5, 5.41) is 12.5. The van der Waals surface area contributed by atoms with Crippen LogP contribution < -0.4 is 10.2 Å². The predicted octanol–water partition coefficient (Wildman–Crippen LogP) is 3.28. The van der Waals surface area contributed by atoms with Crippen molar-refractivity contribution in [3.05, 3.63) is 52.1 Å². The smallest absolute Gasteiger partial charge is 0.266 e. The van der Waals surface area contributed by atoms with E-state index in [0.717, 1.165) is 16.8 Å². The summed E-state index contributed by atoms with van der Waals surface area (Å²) in [5.74, 6) is -0.407. The molecule has 2 rings (SSSR count). The molecule has 0 aliphatic carbocycles. The molecule has 1 amide bonds. The van der Waals surface area contributed by atoms with Crippen molar-refractivity contribution < 1.29 is 4.79 Å². The van der Waals surface area contributed by atoms with Crippen LogP contribution in [0, 0.1) is 18.3 Å². The number of hydrogen-bond acceptors (Lipinski definition) is 4. The molecule has 0 unspecified atom stereocenters. The highest BCUT2D eigenvalue weighted by Crippen LogP contribution is 2.35. The van der Waals surface area contributed by atoms with Gasteiger partial charge in [-0.3, -0.25) is 4.79 Å². The van der Waals surface area contributed by atoms with Gasteiger partial charge < -0.3 is 10.2 Å². The minimum absolute atomic E-state index is 0.0172. The van der Waals surface area contributed by atoms with Crippen LogP contribution in [0.15, 0.2) is 46.5 Å². The first kappa shape index (κ1) is 16.2. The zero-order chi connectivity index (χ0) is 16.5. The molecule has 1 aromatic rings. The Labute approximate surface area is 136 Å². The molecule has 0 saturated carbocycles. The lowest BCUT2D eigenvalue weighted by Crippen LogP contribution is -2.60.